The molecule has 19 rings (SSSR count). The van der Waals surface area contributed by atoms with Gasteiger partial charge in [-0.05, 0) is 223 Å². The van der Waals surface area contributed by atoms with Crippen LogP contribution in [0.3, 0.4) is 0 Å². The van der Waals surface area contributed by atoms with Crippen LogP contribution in [0.4, 0.5) is 100.0 Å². The lowest BCUT2D eigenvalue weighted by Crippen LogP contribution is -2.55. The number of anilines is 6. The van der Waals surface area contributed by atoms with Crippen molar-refractivity contribution in [1.29, 1.82) is 0 Å². The summed E-state index contributed by atoms with van der Waals surface area (Å²) in [5.41, 5.74) is -1.62. The van der Waals surface area contributed by atoms with E-state index < -0.39 is 137 Å². The Morgan fingerprint density at radius 3 is 0.846 bits per heavy atom. The summed E-state index contributed by atoms with van der Waals surface area (Å²) in [5, 5.41) is 10.9. The van der Waals surface area contributed by atoms with Crippen molar-refractivity contribution in [2.75, 3.05) is 14.7 Å². The molecule has 6 unspecified atom stereocenters. The van der Waals surface area contributed by atoms with Gasteiger partial charge in [0, 0.05) is 33.3 Å². The minimum atomic E-state index is -2.26. The van der Waals surface area contributed by atoms with Crippen molar-refractivity contribution < 1.29 is 65.9 Å². The van der Waals surface area contributed by atoms with Gasteiger partial charge in [0.25, 0.3) is 0 Å². The number of nitrogens with zero attached hydrogens (tertiary/aromatic N) is 3. The minimum absolute atomic E-state index is 0.289. The topological polar surface area (TPSA) is 9.72 Å². The zero-order valence-electron chi connectivity index (χ0n) is 57.0. The van der Waals surface area contributed by atoms with Gasteiger partial charge in [-0.1, -0.05) is 132 Å². The van der Waals surface area contributed by atoms with E-state index in [1.807, 2.05) is 96.1 Å². The highest BCUT2D eigenvalue weighted by atomic mass is 19.2. The molecule has 13 aromatic rings. The van der Waals surface area contributed by atoms with Crippen LogP contribution in [0.1, 0.15) is 135 Å². The van der Waals surface area contributed by atoms with Gasteiger partial charge in [0.05, 0.1) is 16.6 Å². The molecule has 3 heterocycles. The Balaban J connectivity index is 0.818. The molecular formula is C86H62F15N3. The molecule has 526 valence electrons. The predicted octanol–water partition coefficient (Wildman–Crippen LogP) is 25.8. The lowest BCUT2D eigenvalue weighted by Gasteiger charge is -2.50. The van der Waals surface area contributed by atoms with Crippen molar-refractivity contribution in [2.24, 2.45) is 0 Å². The first-order valence-corrected chi connectivity index (χ1v) is 35.3. The van der Waals surface area contributed by atoms with Crippen LogP contribution < -0.4 is 14.7 Å². The van der Waals surface area contributed by atoms with Crippen LogP contribution in [-0.2, 0) is 16.2 Å². The number of hydrogen-bond donors (Lipinski definition) is 0. The Bertz CT molecular complexity index is 5740. The monoisotopic (exact) mass is 1420 g/mol. The summed E-state index contributed by atoms with van der Waals surface area (Å²) in [4.78, 5) is 3.96. The molecule has 3 aliphatic heterocycles. The van der Waals surface area contributed by atoms with Crippen molar-refractivity contribution in [3.05, 3.63) is 225 Å². The van der Waals surface area contributed by atoms with Crippen molar-refractivity contribution >= 4 is 98.8 Å². The smallest absolute Gasteiger partial charge is 0.200 e. The average molecular weight is 1420 g/mol. The lowest BCUT2D eigenvalue weighted by atomic mass is 9.61. The largest absolute Gasteiger partial charge is 0.329 e. The van der Waals surface area contributed by atoms with E-state index in [2.05, 4.69) is 36.4 Å². The van der Waals surface area contributed by atoms with Crippen LogP contribution in [0.2, 0.25) is 0 Å². The second kappa shape index (κ2) is 21.3. The zero-order valence-corrected chi connectivity index (χ0v) is 57.0. The van der Waals surface area contributed by atoms with Crippen molar-refractivity contribution in [3.8, 4) is 33.4 Å². The van der Waals surface area contributed by atoms with E-state index >= 15 is 52.7 Å². The van der Waals surface area contributed by atoms with E-state index in [4.69, 9.17) is 0 Å². The number of halogens is 15. The highest BCUT2D eigenvalue weighted by molar-refractivity contribution is 6.39. The first-order chi connectivity index (χ1) is 49.6. The van der Waals surface area contributed by atoms with Crippen molar-refractivity contribution in [1.82, 2.24) is 0 Å². The first kappa shape index (κ1) is 65.1. The van der Waals surface area contributed by atoms with Crippen LogP contribution in [0.25, 0.3) is 98.0 Å². The maximum atomic E-state index is 16.3. The molecule has 6 aliphatic rings. The van der Waals surface area contributed by atoms with E-state index in [-0.39, 0.29) is 11.4 Å². The zero-order chi connectivity index (χ0) is 72.6. The molecule has 3 saturated carbocycles. The van der Waals surface area contributed by atoms with Gasteiger partial charge in [-0.3, -0.25) is 0 Å². The van der Waals surface area contributed by atoms with Crippen molar-refractivity contribution in [3.63, 3.8) is 0 Å². The van der Waals surface area contributed by atoms with Gasteiger partial charge in [-0.2, -0.15) is 0 Å². The quantitative estimate of drug-likeness (QED) is 0.0933. The molecule has 3 aliphatic carbocycles. The molecule has 0 amide bonds. The van der Waals surface area contributed by atoms with Gasteiger partial charge in [0.2, 0.25) is 17.5 Å². The number of fused-ring (bicyclic) bond motifs is 15. The molecule has 0 N–H and O–H groups in total. The second-order valence-corrected chi connectivity index (χ2v) is 31.3. The van der Waals surface area contributed by atoms with E-state index in [0.29, 0.717) is 98.6 Å². The molecular weight excluding hydrogens is 1360 g/mol. The first-order valence-electron chi connectivity index (χ1n) is 35.3. The van der Waals surface area contributed by atoms with Crippen LogP contribution in [0.15, 0.2) is 121 Å². The second-order valence-electron chi connectivity index (χ2n) is 31.3. The Morgan fingerprint density at radius 2 is 0.510 bits per heavy atom. The third-order valence-corrected chi connectivity index (χ3v) is 27.0. The third kappa shape index (κ3) is 7.69. The summed E-state index contributed by atoms with van der Waals surface area (Å²) in [6.45, 7) is 11.4. The Labute approximate surface area is 586 Å². The van der Waals surface area contributed by atoms with Gasteiger partial charge >= 0.3 is 0 Å². The Morgan fingerprint density at radius 1 is 0.240 bits per heavy atom. The lowest BCUT2D eigenvalue weighted by molar-refractivity contribution is 0.192. The molecule has 0 spiro atoms. The number of hydrogen-bond acceptors (Lipinski definition) is 3. The fraction of sp³-hybridized carbons (Fsp3) is 0.279. The predicted molar refractivity (Wildman–Crippen MR) is 378 cm³/mol. The van der Waals surface area contributed by atoms with Gasteiger partial charge in [-0.25, -0.2) is 65.9 Å². The fourth-order valence-corrected chi connectivity index (χ4v) is 21.1. The Hall–Kier alpha value is -9.71. The van der Waals surface area contributed by atoms with Crippen LogP contribution >= 0.6 is 0 Å². The molecule has 0 saturated heterocycles. The minimum Gasteiger partial charge on any atom is -0.329 e. The summed E-state index contributed by atoms with van der Waals surface area (Å²) in [6.07, 6.45) is 6.86. The third-order valence-electron chi connectivity index (χ3n) is 27.0. The van der Waals surface area contributed by atoms with Crippen LogP contribution in [-0.4, -0.2) is 16.6 Å². The van der Waals surface area contributed by atoms with Crippen molar-refractivity contribution in [2.45, 2.75) is 151 Å². The normalized spacial score (nSPS) is 24.3. The molecule has 0 aromatic heterocycles. The van der Waals surface area contributed by atoms with Gasteiger partial charge in [0.15, 0.2) is 69.8 Å². The molecule has 6 atom stereocenters. The van der Waals surface area contributed by atoms with E-state index in [0.717, 1.165) is 98.9 Å². The maximum Gasteiger partial charge on any atom is 0.200 e. The summed E-state index contributed by atoms with van der Waals surface area (Å²) >= 11 is 0. The molecule has 104 heavy (non-hydrogen) atoms. The van der Waals surface area contributed by atoms with Crippen LogP contribution in [0, 0.1) is 87.3 Å². The molecule has 18 heteroatoms. The standard InChI is InChI=1S/C86H62F15N3/c1-81-28-7-10-31-84(81,4)102(78-72(96)66(90)63(87)67(91)73(78)97)57-25-16-39(34-54(57)81)42-19-22-47-51-38-53-49-24-21-44(41-18-27-59-56(36-41)83(3)30-9-12-33-86(83,6)104(59)80-76(100)70(94)65(89)71(95)77(80)101)61-43(20-23-48(62(49)61)52(53)37-50(51)46-15-13-14-45(42)60(46)47)40-17-26-58-55(35-40)82(2)29-8-11-32-85(82,5)103(58)79-74(98)68(92)64(88)69(93)75(79)99/h13-27,34-38H,7-12,28-33H2,1-6H3. The van der Waals surface area contributed by atoms with Gasteiger partial charge < -0.3 is 14.7 Å². The highest BCUT2D eigenvalue weighted by Crippen LogP contribution is 2.67. The maximum absolute atomic E-state index is 16.3. The fourth-order valence-electron chi connectivity index (χ4n) is 21.1. The molecule has 3 fully saturated rings. The SMILES string of the molecule is CC12CCCCC1(C)N(c1c(F)c(F)c(F)c(F)c1F)c1ccc(-c3ccc4c5cc6c(cc5c5cccc3c54)c3ccc(-c4ccc5c(c4)C4(C)CCCCC4(C)N5c4c(F)c(F)c(F)c(F)c4F)c4c(-c5ccc7c(c5)C5(C)CCCCC5(C)N7c5c(F)c(F)c(F)c(F)c5F)ccc6c43)cc12. The Kier molecular flexibility index (Phi) is 13.3. The van der Waals surface area contributed by atoms with Gasteiger partial charge in [0.1, 0.15) is 17.1 Å². The van der Waals surface area contributed by atoms with E-state index in [9.17, 15) is 13.2 Å². The van der Waals surface area contributed by atoms with E-state index in [1.54, 1.807) is 30.3 Å². The molecule has 0 bridgehead atoms. The molecule has 0 radical (unpaired) electrons. The highest BCUT2D eigenvalue weighted by Gasteiger charge is 2.62. The number of benzene rings is 11. The van der Waals surface area contributed by atoms with Crippen LogP contribution in [0.5, 0.6) is 0 Å². The summed E-state index contributed by atoms with van der Waals surface area (Å²) < 4.78 is 233. The summed E-state index contributed by atoms with van der Waals surface area (Å²) in [5.74, 6) is -30.5. The van der Waals surface area contributed by atoms with E-state index in [1.165, 1.54) is 14.7 Å². The van der Waals surface area contributed by atoms with Gasteiger partial charge in [-0.15, -0.1) is 0 Å². The summed E-state index contributed by atoms with van der Waals surface area (Å²) in [6, 6.07) is 39.2. The molecule has 13 aromatic carbocycles. The molecule has 3 nitrogen and oxygen atoms in total. The summed E-state index contributed by atoms with van der Waals surface area (Å²) in [7, 11) is 0. The average Bonchev–Trinajstić information content (AvgIpc) is 1.54. The number of rotatable bonds is 6.